The Morgan fingerprint density at radius 2 is 1.56 bits per heavy atom. The lowest BCUT2D eigenvalue weighted by molar-refractivity contribution is 0.546. The Morgan fingerprint density at radius 3 is 1.67 bits per heavy atom. The van der Waals surface area contributed by atoms with Gasteiger partial charge in [-0.05, 0) is 13.6 Å². The summed E-state index contributed by atoms with van der Waals surface area (Å²) in [4.78, 5) is 0. The Labute approximate surface area is 63.7 Å². The van der Waals surface area contributed by atoms with Crippen molar-refractivity contribution < 1.29 is 0 Å². The molecule has 0 bridgehead atoms. The molecule has 0 unspecified atom stereocenters. The van der Waals surface area contributed by atoms with Crippen molar-refractivity contribution in [3.05, 3.63) is 0 Å². The summed E-state index contributed by atoms with van der Waals surface area (Å²) >= 11 is -0.453. The largest absolute Gasteiger partial charge is 0.387 e. The molecule has 0 aliphatic carbocycles. The maximum absolute atomic E-state index is 2.54. The standard InChI is InChI=1S/C3H8N.2C2H5.Al/c1-3-4-2;2*1-2;/h3H2,1-2H3;2*1H2,2H3;/q-1;;;+1. The maximum Gasteiger partial charge on any atom is 0.371 e. The fraction of sp³-hybridized carbons (Fsp3) is 1.00. The number of hydrogen-bond acceptors (Lipinski definition) is 1. The quantitative estimate of drug-likeness (QED) is 0.544. The van der Waals surface area contributed by atoms with Gasteiger partial charge in [0.2, 0.25) is 0 Å². The lowest BCUT2D eigenvalue weighted by Crippen LogP contribution is -2.34. The average Bonchev–Trinajstić information content (AvgIpc) is 1.90. The smallest absolute Gasteiger partial charge is 0.371 e. The van der Waals surface area contributed by atoms with Crippen molar-refractivity contribution in [3.63, 3.8) is 0 Å². The third kappa shape index (κ3) is 3.25. The molecule has 0 radical (unpaired) electrons. The van der Waals surface area contributed by atoms with Gasteiger partial charge in [0.05, 0.1) is 0 Å². The van der Waals surface area contributed by atoms with Gasteiger partial charge in [-0.3, -0.25) is 0 Å². The molecule has 0 saturated carbocycles. The van der Waals surface area contributed by atoms with Crippen LogP contribution in [-0.4, -0.2) is 31.8 Å². The van der Waals surface area contributed by atoms with Crippen LogP contribution in [0.2, 0.25) is 10.6 Å². The molecule has 0 saturated heterocycles. The molecule has 0 aromatic carbocycles. The van der Waals surface area contributed by atoms with Gasteiger partial charge >= 0.3 is 14.4 Å². The van der Waals surface area contributed by atoms with Crippen LogP contribution in [0.3, 0.4) is 0 Å². The molecule has 0 aliphatic rings. The average molecular weight is 143 g/mol. The van der Waals surface area contributed by atoms with Crippen LogP contribution >= 0.6 is 0 Å². The van der Waals surface area contributed by atoms with Crippen molar-refractivity contribution in [2.45, 2.75) is 31.3 Å². The summed E-state index contributed by atoms with van der Waals surface area (Å²) in [7, 11) is 2.25. The first kappa shape index (κ1) is 9.49. The molecule has 0 aromatic heterocycles. The zero-order valence-corrected chi connectivity index (χ0v) is 8.30. The van der Waals surface area contributed by atoms with E-state index in [1.165, 1.54) is 17.1 Å². The second-order valence-corrected chi connectivity index (χ2v) is 6.37. The van der Waals surface area contributed by atoms with Crippen LogP contribution in [0.5, 0.6) is 0 Å². The minimum atomic E-state index is -0.453. The number of rotatable bonds is 4. The molecule has 0 N–H and O–H groups in total. The topological polar surface area (TPSA) is 3.24 Å². The summed E-state index contributed by atoms with van der Waals surface area (Å²) < 4.78 is 2.54. The molecule has 0 aromatic rings. The second-order valence-electron chi connectivity index (χ2n) is 2.54. The normalized spacial score (nSPS) is 10.3. The van der Waals surface area contributed by atoms with Crippen LogP contribution in [0.15, 0.2) is 0 Å². The highest BCUT2D eigenvalue weighted by Gasteiger charge is 2.16. The summed E-state index contributed by atoms with van der Waals surface area (Å²) in [5.41, 5.74) is 0. The van der Waals surface area contributed by atoms with E-state index in [1.54, 1.807) is 0 Å². The van der Waals surface area contributed by atoms with E-state index in [2.05, 4.69) is 31.7 Å². The van der Waals surface area contributed by atoms with E-state index in [-0.39, 0.29) is 0 Å². The molecule has 2 heteroatoms. The summed E-state index contributed by atoms with van der Waals surface area (Å²) in [6.07, 6.45) is 0. The zero-order valence-electron chi connectivity index (χ0n) is 7.15. The molecule has 0 amide bonds. The number of nitrogens with zero attached hydrogens (tertiary/aromatic N) is 1. The lowest BCUT2D eigenvalue weighted by Gasteiger charge is -2.19. The zero-order chi connectivity index (χ0) is 7.28. The minimum Gasteiger partial charge on any atom is -0.387 e. The summed E-state index contributed by atoms with van der Waals surface area (Å²) in [6.45, 7) is 8.10. The maximum atomic E-state index is 2.54. The van der Waals surface area contributed by atoms with Gasteiger partial charge in [-0.15, -0.1) is 0 Å². The monoisotopic (exact) mass is 143 g/mol. The van der Waals surface area contributed by atoms with Crippen molar-refractivity contribution in [1.29, 1.82) is 0 Å². The van der Waals surface area contributed by atoms with Crippen molar-refractivity contribution >= 4 is 14.4 Å². The first-order valence-electron chi connectivity index (χ1n) is 3.96. The Balaban J connectivity index is 3.50. The van der Waals surface area contributed by atoms with Crippen LogP contribution in [0.25, 0.3) is 0 Å². The van der Waals surface area contributed by atoms with Gasteiger partial charge in [0.25, 0.3) is 0 Å². The first-order valence-corrected chi connectivity index (χ1v) is 6.11. The van der Waals surface area contributed by atoms with Crippen LogP contribution in [-0.2, 0) is 0 Å². The Bertz CT molecular complexity index is 61.9. The summed E-state index contributed by atoms with van der Waals surface area (Å²) in [6, 6.07) is 0. The highest BCUT2D eigenvalue weighted by atomic mass is 27.2. The molecular formula is C7H18AlN. The highest BCUT2D eigenvalue weighted by molar-refractivity contribution is 6.55. The van der Waals surface area contributed by atoms with Crippen LogP contribution in [0.1, 0.15) is 20.8 Å². The van der Waals surface area contributed by atoms with E-state index in [4.69, 9.17) is 0 Å². The molecule has 0 fully saturated rings. The second kappa shape index (κ2) is 5.29. The van der Waals surface area contributed by atoms with Gasteiger partial charge < -0.3 is 3.88 Å². The molecule has 9 heavy (non-hydrogen) atoms. The van der Waals surface area contributed by atoms with E-state index in [1.807, 2.05) is 0 Å². The molecular weight excluding hydrogens is 125 g/mol. The molecule has 0 rings (SSSR count). The van der Waals surface area contributed by atoms with Crippen LogP contribution in [0.4, 0.5) is 0 Å². The van der Waals surface area contributed by atoms with E-state index < -0.39 is 14.4 Å². The molecule has 0 spiro atoms. The Morgan fingerprint density at radius 1 is 1.11 bits per heavy atom. The predicted octanol–water partition coefficient (Wildman–Crippen LogP) is 1.97. The van der Waals surface area contributed by atoms with Gasteiger partial charge in [0.1, 0.15) is 0 Å². The Kier molecular flexibility index (Phi) is 5.58. The van der Waals surface area contributed by atoms with E-state index in [0.717, 1.165) is 0 Å². The third-order valence-corrected chi connectivity index (χ3v) is 5.56. The van der Waals surface area contributed by atoms with Crippen molar-refractivity contribution in [2.75, 3.05) is 13.6 Å². The molecule has 54 valence electrons. The molecule has 1 nitrogen and oxygen atoms in total. The van der Waals surface area contributed by atoms with Gasteiger partial charge in [-0.2, -0.15) is 0 Å². The molecule has 0 atom stereocenters. The number of hydrogen-bond donors (Lipinski definition) is 0. The van der Waals surface area contributed by atoms with E-state index in [9.17, 15) is 0 Å². The van der Waals surface area contributed by atoms with Crippen molar-refractivity contribution in [1.82, 2.24) is 3.88 Å². The highest BCUT2D eigenvalue weighted by Crippen LogP contribution is 2.01. The summed E-state index contributed by atoms with van der Waals surface area (Å²) in [5.74, 6) is 0. The van der Waals surface area contributed by atoms with Gasteiger partial charge in [-0.25, -0.2) is 0 Å². The fourth-order valence-electron chi connectivity index (χ4n) is 1.17. The SMILES string of the molecule is CC[N](C)[Al]([CH2]C)[CH2]C. The minimum absolute atomic E-state index is 0.453. The van der Waals surface area contributed by atoms with Crippen molar-refractivity contribution in [2.24, 2.45) is 0 Å². The summed E-state index contributed by atoms with van der Waals surface area (Å²) in [5, 5.41) is 2.84. The van der Waals surface area contributed by atoms with Crippen molar-refractivity contribution in [3.8, 4) is 0 Å². The Hall–Kier alpha value is 0.492. The van der Waals surface area contributed by atoms with Crippen LogP contribution in [0, 0.1) is 0 Å². The molecule has 0 heterocycles. The van der Waals surface area contributed by atoms with Gasteiger partial charge in [0.15, 0.2) is 0 Å². The van der Waals surface area contributed by atoms with E-state index in [0.29, 0.717) is 0 Å². The first-order chi connectivity index (χ1) is 4.26. The lowest BCUT2D eigenvalue weighted by atomic mass is 10.8. The molecule has 0 aliphatic heterocycles. The third-order valence-electron chi connectivity index (χ3n) is 2.06. The van der Waals surface area contributed by atoms with E-state index >= 15 is 0 Å². The fourth-order valence-corrected chi connectivity index (χ4v) is 3.51. The van der Waals surface area contributed by atoms with Gasteiger partial charge in [0, 0.05) is 0 Å². The van der Waals surface area contributed by atoms with Crippen LogP contribution < -0.4 is 0 Å². The van der Waals surface area contributed by atoms with Gasteiger partial charge in [-0.1, -0.05) is 31.3 Å². The predicted molar refractivity (Wildman–Crippen MR) is 45.0 cm³/mol.